The largest absolute Gasteiger partial charge is 0.367 e. The molecule has 2 atom stereocenters. The summed E-state index contributed by atoms with van der Waals surface area (Å²) in [5.41, 5.74) is 14.0. The van der Waals surface area contributed by atoms with E-state index in [4.69, 9.17) is 11.5 Å². The molecule has 0 spiro atoms. The summed E-state index contributed by atoms with van der Waals surface area (Å²) < 4.78 is 14.6. The fourth-order valence-electron chi connectivity index (χ4n) is 3.69. The van der Waals surface area contributed by atoms with Gasteiger partial charge in [0.15, 0.2) is 11.6 Å². The molecule has 0 radical (unpaired) electrons. The second-order valence-corrected chi connectivity index (χ2v) is 7.47. The summed E-state index contributed by atoms with van der Waals surface area (Å²) in [6, 6.07) is 4.72. The van der Waals surface area contributed by atoms with Crippen LogP contribution in [0.1, 0.15) is 36.0 Å². The van der Waals surface area contributed by atoms with Crippen molar-refractivity contribution in [3.63, 3.8) is 0 Å². The molecule has 3 aromatic rings. The van der Waals surface area contributed by atoms with E-state index < -0.39 is 11.7 Å². The fraction of sp³-hybridized carbons (Fsp3) is 0.286. The Kier molecular flexibility index (Phi) is 5.62. The Morgan fingerprint density at radius 2 is 2.00 bits per heavy atom. The topological polar surface area (TPSA) is 135 Å². The Bertz CT molecular complexity index is 1040. The quantitative estimate of drug-likeness (QED) is 0.424. The third-order valence-electron chi connectivity index (χ3n) is 5.32. The lowest BCUT2D eigenvalue weighted by molar-refractivity contribution is 0.100. The number of nitrogens with two attached hydrogens (primary N) is 2. The predicted octanol–water partition coefficient (Wildman–Crippen LogP) is 3.14. The van der Waals surface area contributed by atoms with Crippen molar-refractivity contribution in [3.8, 4) is 11.1 Å². The number of hydrogen-bond donors (Lipinski definition) is 5. The second-order valence-electron chi connectivity index (χ2n) is 7.47. The Hall–Kier alpha value is -3.46. The number of rotatable bonds is 6. The van der Waals surface area contributed by atoms with Gasteiger partial charge in [-0.25, -0.2) is 9.37 Å². The van der Waals surface area contributed by atoms with Gasteiger partial charge in [-0.3, -0.25) is 9.78 Å². The number of hydrogen-bond acceptors (Lipinski definition) is 6. The molecular weight excluding hydrogens is 385 g/mol. The lowest BCUT2D eigenvalue weighted by Gasteiger charge is -2.30. The molecule has 4 rings (SSSR count). The van der Waals surface area contributed by atoms with Gasteiger partial charge in [0.1, 0.15) is 5.82 Å². The molecule has 7 N–H and O–H groups in total. The number of anilines is 3. The lowest BCUT2D eigenvalue weighted by atomic mass is 9.91. The van der Waals surface area contributed by atoms with Crippen molar-refractivity contribution in [2.45, 2.75) is 37.8 Å². The van der Waals surface area contributed by atoms with Crippen molar-refractivity contribution in [3.05, 3.63) is 54.4 Å². The molecule has 3 heterocycles. The number of halogens is 1. The molecule has 0 saturated heterocycles. The first-order valence-electron chi connectivity index (χ1n) is 9.89. The number of H-pyrrole nitrogens is 1. The van der Waals surface area contributed by atoms with Gasteiger partial charge in [-0.15, -0.1) is 0 Å². The molecule has 1 amide bonds. The van der Waals surface area contributed by atoms with Gasteiger partial charge in [-0.05, 0) is 31.0 Å². The molecule has 1 aliphatic rings. The van der Waals surface area contributed by atoms with E-state index in [0.29, 0.717) is 5.69 Å². The van der Waals surface area contributed by atoms with E-state index in [1.165, 1.54) is 0 Å². The van der Waals surface area contributed by atoms with Crippen LogP contribution < -0.4 is 22.1 Å². The summed E-state index contributed by atoms with van der Waals surface area (Å²) in [6.45, 7) is 0. The minimum atomic E-state index is -0.778. The standard InChI is InChI=1S/C21H24FN7O/c22-16-8-15(19(24)30)20(29-21(16)28-18-4-2-1-3-17(18)23)27-14-7-13(10-26-11-14)12-5-6-25-9-12/h5-11,17-18,25H,1-4,23H2,(H2,24,30)(H2,27,28,29)/t17-,18+/m1/s1. The van der Waals surface area contributed by atoms with E-state index >= 15 is 0 Å². The first-order chi connectivity index (χ1) is 14.5. The van der Waals surface area contributed by atoms with Crippen molar-refractivity contribution in [1.82, 2.24) is 15.0 Å². The van der Waals surface area contributed by atoms with Crippen molar-refractivity contribution < 1.29 is 9.18 Å². The molecule has 1 saturated carbocycles. The maximum atomic E-state index is 14.6. The maximum absolute atomic E-state index is 14.6. The van der Waals surface area contributed by atoms with E-state index in [1.54, 1.807) is 12.4 Å². The van der Waals surface area contributed by atoms with Crippen LogP contribution in [0.25, 0.3) is 11.1 Å². The summed E-state index contributed by atoms with van der Waals surface area (Å²) >= 11 is 0. The summed E-state index contributed by atoms with van der Waals surface area (Å²) in [4.78, 5) is 23.4. The predicted molar refractivity (Wildman–Crippen MR) is 114 cm³/mol. The van der Waals surface area contributed by atoms with Crippen LogP contribution in [-0.2, 0) is 0 Å². The smallest absolute Gasteiger partial charge is 0.252 e. The van der Waals surface area contributed by atoms with Crippen molar-refractivity contribution in [1.29, 1.82) is 0 Å². The number of carbonyl (C=O) groups is 1. The molecule has 1 aliphatic carbocycles. The summed E-state index contributed by atoms with van der Waals surface area (Å²) in [5.74, 6) is -1.23. The van der Waals surface area contributed by atoms with Gasteiger partial charge >= 0.3 is 0 Å². The molecule has 8 nitrogen and oxygen atoms in total. The van der Waals surface area contributed by atoms with Gasteiger partial charge in [0.05, 0.1) is 17.4 Å². The number of pyridine rings is 2. The van der Waals surface area contributed by atoms with Gasteiger partial charge in [0.2, 0.25) is 0 Å². The lowest BCUT2D eigenvalue weighted by Crippen LogP contribution is -2.43. The molecule has 1 fully saturated rings. The van der Waals surface area contributed by atoms with Crippen molar-refractivity contribution >= 4 is 23.2 Å². The van der Waals surface area contributed by atoms with E-state index in [-0.39, 0.29) is 29.3 Å². The zero-order valence-corrected chi connectivity index (χ0v) is 16.4. The van der Waals surface area contributed by atoms with E-state index in [9.17, 15) is 9.18 Å². The zero-order chi connectivity index (χ0) is 21.1. The minimum Gasteiger partial charge on any atom is -0.367 e. The molecule has 3 aromatic heterocycles. The van der Waals surface area contributed by atoms with Crippen LogP contribution in [0.4, 0.5) is 21.7 Å². The Morgan fingerprint density at radius 3 is 2.73 bits per heavy atom. The first-order valence-corrected chi connectivity index (χ1v) is 9.89. The van der Waals surface area contributed by atoms with Gasteiger partial charge in [-0.2, -0.15) is 0 Å². The molecule has 0 unspecified atom stereocenters. The first kappa shape index (κ1) is 19.8. The average molecular weight is 409 g/mol. The number of amides is 1. The summed E-state index contributed by atoms with van der Waals surface area (Å²) in [6.07, 6.45) is 10.8. The van der Waals surface area contributed by atoms with Crippen LogP contribution in [0.3, 0.4) is 0 Å². The fourth-order valence-corrected chi connectivity index (χ4v) is 3.69. The molecule has 156 valence electrons. The monoisotopic (exact) mass is 409 g/mol. The van der Waals surface area contributed by atoms with Crippen LogP contribution in [0.5, 0.6) is 0 Å². The third kappa shape index (κ3) is 4.25. The average Bonchev–Trinajstić information content (AvgIpc) is 3.27. The number of carbonyl (C=O) groups excluding carboxylic acids is 1. The number of nitrogens with zero attached hydrogens (tertiary/aromatic N) is 2. The van der Waals surface area contributed by atoms with Crippen LogP contribution in [-0.4, -0.2) is 32.9 Å². The highest BCUT2D eigenvalue weighted by Crippen LogP contribution is 2.28. The number of aromatic nitrogens is 3. The van der Waals surface area contributed by atoms with Crippen molar-refractivity contribution in [2.24, 2.45) is 11.5 Å². The second kappa shape index (κ2) is 8.50. The minimum absolute atomic E-state index is 0.0413. The molecule has 0 bridgehead atoms. The van der Waals surface area contributed by atoms with Crippen LogP contribution >= 0.6 is 0 Å². The van der Waals surface area contributed by atoms with Gasteiger partial charge in [-0.1, -0.05) is 12.8 Å². The van der Waals surface area contributed by atoms with Crippen LogP contribution in [0, 0.1) is 5.82 Å². The number of nitrogens with one attached hydrogen (secondary N) is 3. The van der Waals surface area contributed by atoms with E-state index in [0.717, 1.165) is 42.9 Å². The van der Waals surface area contributed by atoms with Gasteiger partial charge in [0, 0.05) is 41.8 Å². The SMILES string of the molecule is NC(=O)c1cc(F)c(N[C@H]2CCCC[C@H]2N)nc1Nc1cncc(-c2cc[nH]c2)c1. The highest BCUT2D eigenvalue weighted by atomic mass is 19.1. The highest BCUT2D eigenvalue weighted by Gasteiger charge is 2.24. The molecule has 0 aliphatic heterocycles. The van der Waals surface area contributed by atoms with Crippen molar-refractivity contribution in [2.75, 3.05) is 10.6 Å². The van der Waals surface area contributed by atoms with Gasteiger partial charge in [0.25, 0.3) is 5.91 Å². The Balaban J connectivity index is 1.64. The van der Waals surface area contributed by atoms with Crippen LogP contribution in [0.2, 0.25) is 0 Å². The maximum Gasteiger partial charge on any atom is 0.252 e. The highest BCUT2D eigenvalue weighted by molar-refractivity contribution is 5.98. The van der Waals surface area contributed by atoms with E-state index in [1.807, 2.05) is 24.5 Å². The molecular formula is C21H24FN7O. The third-order valence-corrected chi connectivity index (χ3v) is 5.32. The van der Waals surface area contributed by atoms with E-state index in [2.05, 4.69) is 25.6 Å². The van der Waals surface area contributed by atoms with Crippen LogP contribution in [0.15, 0.2) is 43.0 Å². The summed E-state index contributed by atoms with van der Waals surface area (Å²) in [7, 11) is 0. The molecule has 0 aromatic carbocycles. The number of primary amides is 1. The zero-order valence-electron chi connectivity index (χ0n) is 16.4. The molecule has 9 heteroatoms. The Morgan fingerprint density at radius 1 is 1.17 bits per heavy atom. The normalized spacial score (nSPS) is 18.7. The Labute approximate surface area is 173 Å². The van der Waals surface area contributed by atoms with Gasteiger partial charge < -0.3 is 27.1 Å². The summed E-state index contributed by atoms with van der Waals surface area (Å²) in [5, 5.41) is 6.15. The number of aromatic amines is 1. The molecule has 30 heavy (non-hydrogen) atoms.